The molecule has 0 unspecified atom stereocenters. The number of aromatic nitrogens is 1. The zero-order valence-corrected chi connectivity index (χ0v) is 15.3. The lowest BCUT2D eigenvalue weighted by molar-refractivity contribution is 0.924. The first-order valence-electron chi connectivity index (χ1n) is 9.11. The third-order valence-corrected chi connectivity index (χ3v) is 4.78. The van der Waals surface area contributed by atoms with Gasteiger partial charge < -0.3 is 15.6 Å². The molecule has 4 aromatic rings. The Balaban J connectivity index is 1.65. The number of benzene rings is 2. The first-order valence-corrected chi connectivity index (χ1v) is 9.11. The van der Waals surface area contributed by atoms with E-state index in [0.717, 1.165) is 40.7 Å². The van der Waals surface area contributed by atoms with Gasteiger partial charge in [-0.25, -0.2) is 0 Å². The van der Waals surface area contributed by atoms with Gasteiger partial charge >= 0.3 is 0 Å². The molecule has 5 heteroatoms. The molecule has 5 nitrogen and oxygen atoms in total. The Hall–Kier alpha value is -3.34. The molecule has 0 saturated carbocycles. The van der Waals surface area contributed by atoms with E-state index in [1.165, 1.54) is 5.56 Å². The van der Waals surface area contributed by atoms with Crippen LogP contribution in [0.1, 0.15) is 24.5 Å². The molecule has 136 valence electrons. The summed E-state index contributed by atoms with van der Waals surface area (Å²) in [4.78, 5) is 27.4. The van der Waals surface area contributed by atoms with Crippen molar-refractivity contribution in [1.82, 2.24) is 4.98 Å². The summed E-state index contributed by atoms with van der Waals surface area (Å²) in [5.74, 6) is 0. The zero-order valence-electron chi connectivity index (χ0n) is 15.3. The van der Waals surface area contributed by atoms with Crippen LogP contribution in [0.5, 0.6) is 0 Å². The first-order chi connectivity index (χ1) is 13.1. The van der Waals surface area contributed by atoms with Crippen LogP contribution in [0.2, 0.25) is 0 Å². The van der Waals surface area contributed by atoms with E-state index >= 15 is 0 Å². The molecule has 27 heavy (non-hydrogen) atoms. The van der Waals surface area contributed by atoms with Crippen molar-refractivity contribution in [2.75, 3.05) is 10.6 Å². The van der Waals surface area contributed by atoms with Crippen molar-refractivity contribution in [3.8, 4) is 0 Å². The second-order valence-corrected chi connectivity index (χ2v) is 6.86. The fraction of sp³-hybridized carbons (Fsp3) is 0.182. The molecule has 1 aromatic heterocycles. The number of aryl methyl sites for hydroxylation is 2. The van der Waals surface area contributed by atoms with E-state index in [-0.39, 0.29) is 0 Å². The molecule has 0 bridgehead atoms. The van der Waals surface area contributed by atoms with Crippen molar-refractivity contribution in [1.29, 1.82) is 0 Å². The first kappa shape index (κ1) is 17.1. The van der Waals surface area contributed by atoms with Crippen LogP contribution in [0.15, 0.2) is 58.3 Å². The van der Waals surface area contributed by atoms with Gasteiger partial charge in [0.05, 0.1) is 5.69 Å². The predicted molar refractivity (Wildman–Crippen MR) is 111 cm³/mol. The minimum Gasteiger partial charge on any atom is -0.359 e. The van der Waals surface area contributed by atoms with Gasteiger partial charge in [0.2, 0.25) is 0 Å². The van der Waals surface area contributed by atoms with Crippen LogP contribution in [-0.2, 0) is 6.42 Å². The fourth-order valence-corrected chi connectivity index (χ4v) is 3.26. The smallest absolute Gasteiger partial charge is 0.253 e. The normalized spacial score (nSPS) is 11.2. The van der Waals surface area contributed by atoms with Gasteiger partial charge in [-0.15, -0.1) is 0 Å². The van der Waals surface area contributed by atoms with Crippen LogP contribution < -0.4 is 21.5 Å². The predicted octanol–water partition coefficient (Wildman–Crippen LogP) is 4.51. The molecule has 0 radical (unpaired) electrons. The Kier molecular flexibility index (Phi) is 4.28. The minimum absolute atomic E-state index is 0.308. The summed E-state index contributed by atoms with van der Waals surface area (Å²) in [5.41, 5.74) is 4.56. The lowest BCUT2D eigenvalue weighted by atomic mass is 10.1. The Bertz CT molecular complexity index is 1180. The second kappa shape index (κ2) is 6.76. The molecule has 0 spiro atoms. The maximum atomic E-state index is 12.1. The van der Waals surface area contributed by atoms with Gasteiger partial charge in [0.1, 0.15) is 11.4 Å². The Morgan fingerprint density at radius 3 is 2.33 bits per heavy atom. The number of aromatic amines is 1. The van der Waals surface area contributed by atoms with Crippen molar-refractivity contribution in [2.24, 2.45) is 0 Å². The van der Waals surface area contributed by atoms with E-state index in [4.69, 9.17) is 0 Å². The van der Waals surface area contributed by atoms with Gasteiger partial charge in [-0.1, -0.05) is 37.1 Å². The van der Waals surface area contributed by atoms with Crippen LogP contribution in [0.25, 0.3) is 10.9 Å². The number of hydrogen-bond acceptors (Lipinski definition) is 4. The van der Waals surface area contributed by atoms with Crippen LogP contribution >= 0.6 is 0 Å². The van der Waals surface area contributed by atoms with Gasteiger partial charge in [-0.3, -0.25) is 9.59 Å². The zero-order chi connectivity index (χ0) is 19.0. The van der Waals surface area contributed by atoms with E-state index in [9.17, 15) is 9.59 Å². The van der Waals surface area contributed by atoms with Crippen molar-refractivity contribution in [3.63, 3.8) is 0 Å². The Morgan fingerprint density at radius 2 is 1.63 bits per heavy atom. The topological polar surface area (TPSA) is 74.0 Å². The van der Waals surface area contributed by atoms with Crippen LogP contribution in [0.3, 0.4) is 0 Å². The van der Waals surface area contributed by atoms with Gasteiger partial charge in [0, 0.05) is 22.8 Å². The molecule has 0 atom stereocenters. The van der Waals surface area contributed by atoms with E-state index in [2.05, 4.69) is 34.7 Å². The Morgan fingerprint density at radius 1 is 0.926 bits per heavy atom. The lowest BCUT2D eigenvalue weighted by Gasteiger charge is -2.14. The second-order valence-electron chi connectivity index (χ2n) is 6.86. The Labute approximate surface area is 156 Å². The van der Waals surface area contributed by atoms with Crippen molar-refractivity contribution >= 4 is 33.7 Å². The summed E-state index contributed by atoms with van der Waals surface area (Å²) >= 11 is 0. The molecule has 0 fully saturated rings. The molecule has 0 aliphatic heterocycles. The van der Waals surface area contributed by atoms with Gasteiger partial charge in [0.25, 0.3) is 10.9 Å². The van der Waals surface area contributed by atoms with E-state index in [0.29, 0.717) is 11.4 Å². The summed E-state index contributed by atoms with van der Waals surface area (Å²) in [6, 6.07) is 14.0. The summed E-state index contributed by atoms with van der Waals surface area (Å²) in [6.45, 7) is 4.14. The standard InChI is InChI=1S/C22H21N3O2/c1-3-4-14-7-10-17-16(11-14)18(12-23-17)25-20-19(21(26)22(20)27)24-15-8-5-13(2)6-9-15/h5-12,23-25H,3-4H2,1-2H3. The van der Waals surface area contributed by atoms with Crippen molar-refractivity contribution in [3.05, 3.63) is 80.2 Å². The summed E-state index contributed by atoms with van der Waals surface area (Å²) < 4.78 is 0. The summed E-state index contributed by atoms with van der Waals surface area (Å²) in [5, 5.41) is 7.22. The number of nitrogens with one attached hydrogen (secondary N) is 3. The van der Waals surface area contributed by atoms with E-state index in [1.54, 1.807) is 0 Å². The highest BCUT2D eigenvalue weighted by molar-refractivity contribution is 5.96. The largest absolute Gasteiger partial charge is 0.359 e. The SMILES string of the molecule is CCCc1ccc2[nH]cc(Nc3c(Nc4ccc(C)cc4)c(=O)c3=O)c2c1. The molecule has 0 aliphatic rings. The highest BCUT2D eigenvalue weighted by Gasteiger charge is 2.22. The summed E-state index contributed by atoms with van der Waals surface area (Å²) in [7, 11) is 0. The van der Waals surface area contributed by atoms with Crippen LogP contribution in [0, 0.1) is 6.92 Å². The van der Waals surface area contributed by atoms with E-state index in [1.807, 2.05) is 43.5 Å². The molecule has 4 rings (SSSR count). The maximum Gasteiger partial charge on any atom is 0.253 e. The van der Waals surface area contributed by atoms with Crippen molar-refractivity contribution in [2.45, 2.75) is 26.7 Å². The average Bonchev–Trinajstić information content (AvgIpc) is 3.08. The molecule has 3 aromatic carbocycles. The van der Waals surface area contributed by atoms with Gasteiger partial charge in [-0.05, 0) is 43.2 Å². The third kappa shape index (κ3) is 3.12. The van der Waals surface area contributed by atoms with Crippen LogP contribution in [-0.4, -0.2) is 4.98 Å². The monoisotopic (exact) mass is 359 g/mol. The quantitative estimate of drug-likeness (QED) is 0.443. The van der Waals surface area contributed by atoms with Crippen molar-refractivity contribution < 1.29 is 0 Å². The number of hydrogen-bond donors (Lipinski definition) is 3. The number of H-pyrrole nitrogens is 1. The molecule has 0 amide bonds. The fourth-order valence-electron chi connectivity index (χ4n) is 3.26. The average molecular weight is 359 g/mol. The lowest BCUT2D eigenvalue weighted by Crippen LogP contribution is -2.35. The number of anilines is 4. The molecule has 0 aliphatic carbocycles. The minimum atomic E-state index is -0.497. The van der Waals surface area contributed by atoms with Crippen LogP contribution in [0.4, 0.5) is 22.7 Å². The summed E-state index contributed by atoms with van der Waals surface area (Å²) in [6.07, 6.45) is 3.90. The van der Waals surface area contributed by atoms with Gasteiger partial charge in [0.15, 0.2) is 0 Å². The highest BCUT2D eigenvalue weighted by Crippen LogP contribution is 2.30. The molecule has 3 N–H and O–H groups in total. The molecular formula is C22H21N3O2. The van der Waals surface area contributed by atoms with Gasteiger partial charge in [-0.2, -0.15) is 0 Å². The van der Waals surface area contributed by atoms with E-state index < -0.39 is 10.9 Å². The molecule has 1 heterocycles. The number of fused-ring (bicyclic) bond motifs is 1. The molecule has 0 saturated heterocycles. The maximum absolute atomic E-state index is 12.1. The third-order valence-electron chi connectivity index (χ3n) is 4.78. The highest BCUT2D eigenvalue weighted by atomic mass is 16.2. The number of rotatable bonds is 6. The molecular weight excluding hydrogens is 338 g/mol.